The molecule has 134 valence electrons. The van der Waals surface area contributed by atoms with E-state index in [9.17, 15) is 9.18 Å². The number of hydrogen-bond acceptors (Lipinski definition) is 8. The molecule has 7 nitrogen and oxygen atoms in total. The predicted octanol–water partition coefficient (Wildman–Crippen LogP) is 2.85. The third-order valence-corrected chi connectivity index (χ3v) is 3.81. The van der Waals surface area contributed by atoms with E-state index < -0.39 is 5.82 Å². The molecule has 2 aromatic rings. The average Bonchev–Trinajstić information content (AvgIpc) is 3.01. The first kappa shape index (κ1) is 18.7. The van der Waals surface area contributed by atoms with Crippen LogP contribution in [0.2, 0.25) is 0 Å². The van der Waals surface area contributed by atoms with Gasteiger partial charge in [-0.1, -0.05) is 0 Å². The number of nitrogens with zero attached hydrogens (tertiary/aromatic N) is 2. The summed E-state index contributed by atoms with van der Waals surface area (Å²) >= 11 is 1.30. The summed E-state index contributed by atoms with van der Waals surface area (Å²) in [7, 11) is 2.80. The van der Waals surface area contributed by atoms with Crippen LogP contribution in [0.5, 0.6) is 11.5 Å². The normalized spacial score (nSPS) is 10.7. The molecule has 0 bridgehead atoms. The van der Waals surface area contributed by atoms with Gasteiger partial charge >= 0.3 is 5.97 Å². The molecule has 0 aliphatic rings. The number of esters is 1. The Hall–Kier alpha value is -2.68. The second kappa shape index (κ2) is 8.97. The fourth-order valence-corrected chi connectivity index (χ4v) is 2.63. The van der Waals surface area contributed by atoms with Crippen molar-refractivity contribution in [3.63, 3.8) is 0 Å². The van der Waals surface area contributed by atoms with Gasteiger partial charge < -0.3 is 14.2 Å². The topological polar surface area (TPSA) is 82.0 Å². The summed E-state index contributed by atoms with van der Waals surface area (Å²) in [6.07, 6.45) is 1.54. The second-order valence-electron chi connectivity index (χ2n) is 4.73. The highest BCUT2D eigenvalue weighted by atomic mass is 32.1. The van der Waals surface area contributed by atoms with Gasteiger partial charge in [0.1, 0.15) is 0 Å². The van der Waals surface area contributed by atoms with Crippen LogP contribution in [0.25, 0.3) is 0 Å². The lowest BCUT2D eigenvalue weighted by atomic mass is 10.2. The average molecular weight is 367 g/mol. The van der Waals surface area contributed by atoms with Gasteiger partial charge in [-0.2, -0.15) is 5.10 Å². The fourth-order valence-electron chi connectivity index (χ4n) is 1.97. The second-order valence-corrected chi connectivity index (χ2v) is 5.59. The standard InChI is InChI=1S/C16H18FN3O4S/c1-4-24-14(21)7-11-9-25-16(19-11)20-18-8-10-5-12(17)15(23-3)13(6-10)22-2/h5-6,8-9H,4,7H2,1-3H3,(H,19,20). The Balaban J connectivity index is 2.00. The van der Waals surface area contributed by atoms with Crippen molar-refractivity contribution in [2.24, 2.45) is 5.10 Å². The number of halogens is 1. The molecule has 0 fully saturated rings. The summed E-state index contributed by atoms with van der Waals surface area (Å²) in [6, 6.07) is 2.88. The van der Waals surface area contributed by atoms with Crippen molar-refractivity contribution in [1.82, 2.24) is 4.98 Å². The minimum Gasteiger partial charge on any atom is -0.493 e. The molecule has 1 heterocycles. The number of aromatic nitrogens is 1. The van der Waals surface area contributed by atoms with E-state index in [2.05, 4.69) is 15.5 Å². The molecule has 25 heavy (non-hydrogen) atoms. The molecule has 0 atom stereocenters. The minimum atomic E-state index is -0.547. The maximum Gasteiger partial charge on any atom is 0.311 e. The molecule has 1 aromatic heterocycles. The van der Waals surface area contributed by atoms with Crippen LogP contribution in [0.15, 0.2) is 22.6 Å². The SMILES string of the molecule is CCOC(=O)Cc1csc(NN=Cc2cc(F)c(OC)c(OC)c2)n1. The number of carbonyl (C=O) groups excluding carboxylic acids is 1. The number of ether oxygens (including phenoxy) is 3. The Kier molecular flexibility index (Phi) is 6.70. The van der Waals surface area contributed by atoms with Crippen LogP contribution >= 0.6 is 11.3 Å². The van der Waals surface area contributed by atoms with Crippen molar-refractivity contribution in [3.05, 3.63) is 34.6 Å². The van der Waals surface area contributed by atoms with E-state index in [4.69, 9.17) is 14.2 Å². The van der Waals surface area contributed by atoms with Crippen LogP contribution in [-0.4, -0.2) is 38.0 Å². The molecule has 0 saturated carbocycles. The molecule has 1 N–H and O–H groups in total. The van der Waals surface area contributed by atoms with Crippen LogP contribution in [0.3, 0.4) is 0 Å². The molecule has 0 amide bonds. The lowest BCUT2D eigenvalue weighted by Gasteiger charge is -2.08. The molecule has 0 radical (unpaired) electrons. The number of nitrogens with one attached hydrogen (secondary N) is 1. The van der Waals surface area contributed by atoms with Crippen molar-refractivity contribution in [1.29, 1.82) is 0 Å². The van der Waals surface area contributed by atoms with Gasteiger partial charge in [0.25, 0.3) is 0 Å². The van der Waals surface area contributed by atoms with Crippen LogP contribution < -0.4 is 14.9 Å². The van der Waals surface area contributed by atoms with Gasteiger partial charge in [0.2, 0.25) is 5.13 Å². The van der Waals surface area contributed by atoms with E-state index in [0.717, 1.165) is 0 Å². The van der Waals surface area contributed by atoms with Gasteiger partial charge in [-0.05, 0) is 19.1 Å². The zero-order valence-corrected chi connectivity index (χ0v) is 14.9. The number of thiazole rings is 1. The van der Waals surface area contributed by atoms with Gasteiger partial charge in [0, 0.05) is 10.9 Å². The van der Waals surface area contributed by atoms with Gasteiger partial charge in [-0.3, -0.25) is 10.2 Å². The molecule has 0 unspecified atom stereocenters. The van der Waals surface area contributed by atoms with Crippen molar-refractivity contribution in [2.75, 3.05) is 26.3 Å². The monoisotopic (exact) mass is 367 g/mol. The lowest BCUT2D eigenvalue weighted by molar-refractivity contribution is -0.142. The van der Waals surface area contributed by atoms with E-state index in [0.29, 0.717) is 23.0 Å². The minimum absolute atomic E-state index is 0.0381. The van der Waals surface area contributed by atoms with Gasteiger partial charge in [0.15, 0.2) is 17.3 Å². The maximum atomic E-state index is 13.9. The van der Waals surface area contributed by atoms with E-state index in [1.165, 1.54) is 37.8 Å². The number of hydrogen-bond donors (Lipinski definition) is 1. The maximum absolute atomic E-state index is 13.9. The molecule has 2 rings (SSSR count). The van der Waals surface area contributed by atoms with Crippen molar-refractivity contribution >= 4 is 28.7 Å². The van der Waals surface area contributed by atoms with Gasteiger partial charge in [0.05, 0.1) is 39.2 Å². The highest BCUT2D eigenvalue weighted by Gasteiger charge is 2.11. The smallest absolute Gasteiger partial charge is 0.311 e. The van der Waals surface area contributed by atoms with Crippen LogP contribution in [0, 0.1) is 5.82 Å². The number of rotatable bonds is 8. The first-order chi connectivity index (χ1) is 12.1. The summed E-state index contributed by atoms with van der Waals surface area (Å²) in [5.41, 5.74) is 3.82. The Morgan fingerprint density at radius 2 is 2.20 bits per heavy atom. The molecule has 0 aliphatic carbocycles. The number of benzene rings is 1. The first-order valence-electron chi connectivity index (χ1n) is 7.38. The number of anilines is 1. The van der Waals surface area contributed by atoms with Crippen LogP contribution in [-0.2, 0) is 16.0 Å². The summed E-state index contributed by atoms with van der Waals surface area (Å²) in [5.74, 6) is -0.566. The summed E-state index contributed by atoms with van der Waals surface area (Å²) in [4.78, 5) is 15.6. The number of hydrazone groups is 1. The number of carbonyl (C=O) groups is 1. The van der Waals surface area contributed by atoms with Crippen molar-refractivity contribution < 1.29 is 23.4 Å². The van der Waals surface area contributed by atoms with E-state index in [-0.39, 0.29) is 23.9 Å². The van der Waals surface area contributed by atoms with E-state index in [1.807, 2.05) is 0 Å². The molecular weight excluding hydrogens is 349 g/mol. The van der Waals surface area contributed by atoms with Gasteiger partial charge in [-0.15, -0.1) is 11.3 Å². The fraction of sp³-hybridized carbons (Fsp3) is 0.312. The third kappa shape index (κ3) is 5.15. The largest absolute Gasteiger partial charge is 0.493 e. The van der Waals surface area contributed by atoms with Crippen molar-refractivity contribution in [3.8, 4) is 11.5 Å². The molecule has 0 saturated heterocycles. The Morgan fingerprint density at radius 1 is 1.40 bits per heavy atom. The molecule has 1 aromatic carbocycles. The summed E-state index contributed by atoms with van der Waals surface area (Å²) < 4.78 is 28.8. The molecule has 9 heteroatoms. The Bertz CT molecular complexity index is 764. The summed E-state index contributed by atoms with van der Waals surface area (Å²) in [6.45, 7) is 2.08. The third-order valence-electron chi connectivity index (χ3n) is 3.01. The Labute approximate surface area is 148 Å². The van der Waals surface area contributed by atoms with Gasteiger partial charge in [-0.25, -0.2) is 9.37 Å². The molecular formula is C16H18FN3O4S. The first-order valence-corrected chi connectivity index (χ1v) is 8.26. The number of methoxy groups -OCH3 is 2. The molecule has 0 aliphatic heterocycles. The highest BCUT2D eigenvalue weighted by molar-refractivity contribution is 7.13. The van der Waals surface area contributed by atoms with E-state index >= 15 is 0 Å². The Morgan fingerprint density at radius 3 is 2.88 bits per heavy atom. The lowest BCUT2D eigenvalue weighted by Crippen LogP contribution is -2.07. The summed E-state index contributed by atoms with van der Waals surface area (Å²) in [5, 5.41) is 6.26. The zero-order chi connectivity index (χ0) is 18.2. The zero-order valence-electron chi connectivity index (χ0n) is 14.0. The van der Waals surface area contributed by atoms with Crippen LogP contribution in [0.1, 0.15) is 18.2 Å². The predicted molar refractivity (Wildman–Crippen MR) is 93.2 cm³/mol. The quantitative estimate of drug-likeness (QED) is 0.439. The van der Waals surface area contributed by atoms with Crippen LogP contribution in [0.4, 0.5) is 9.52 Å². The van der Waals surface area contributed by atoms with Crippen molar-refractivity contribution in [2.45, 2.75) is 13.3 Å². The van der Waals surface area contributed by atoms with E-state index in [1.54, 1.807) is 18.4 Å². The molecule has 0 spiro atoms. The highest BCUT2D eigenvalue weighted by Crippen LogP contribution is 2.30.